The summed E-state index contributed by atoms with van der Waals surface area (Å²) in [7, 11) is 0. The molecule has 5 aliphatic rings. The molecule has 1 aromatic carbocycles. The van der Waals surface area contributed by atoms with Gasteiger partial charge in [-0.2, -0.15) is 5.10 Å². The fraction of sp³-hybridized carbons (Fsp3) is 0.471. The second-order valence-electron chi connectivity index (χ2n) is 13.2. The lowest BCUT2D eigenvalue weighted by molar-refractivity contribution is -0.136. The molecule has 3 N–H and O–H groups in total. The van der Waals surface area contributed by atoms with Crippen LogP contribution in [0.4, 0.5) is 5.69 Å². The number of hydrogen-bond acceptors (Lipinski definition) is 8. The number of benzene rings is 1. The van der Waals surface area contributed by atoms with Crippen LogP contribution in [0.25, 0.3) is 11.3 Å². The van der Waals surface area contributed by atoms with E-state index in [2.05, 4.69) is 39.0 Å². The lowest BCUT2D eigenvalue weighted by Gasteiger charge is -2.35. The summed E-state index contributed by atoms with van der Waals surface area (Å²) in [6, 6.07) is 8.86. The minimum absolute atomic E-state index is 0.100. The van der Waals surface area contributed by atoms with Crippen LogP contribution in [0.5, 0.6) is 0 Å². The highest BCUT2D eigenvalue weighted by Crippen LogP contribution is 2.47. The third-order valence-electron chi connectivity index (χ3n) is 10.2. The van der Waals surface area contributed by atoms with Crippen LogP contribution >= 0.6 is 0 Å². The molecule has 5 heterocycles. The molecule has 1 unspecified atom stereocenters. The van der Waals surface area contributed by atoms with Gasteiger partial charge in [0.1, 0.15) is 6.04 Å². The van der Waals surface area contributed by atoms with Crippen molar-refractivity contribution in [2.45, 2.75) is 75.3 Å². The molecule has 1 atom stereocenters. The van der Waals surface area contributed by atoms with Gasteiger partial charge >= 0.3 is 0 Å². The summed E-state index contributed by atoms with van der Waals surface area (Å²) in [5.41, 5.74) is 6.21. The van der Waals surface area contributed by atoms with Crippen molar-refractivity contribution in [1.29, 1.82) is 0 Å². The minimum atomic E-state index is -0.963. The van der Waals surface area contributed by atoms with Crippen molar-refractivity contribution in [3.63, 3.8) is 0 Å². The molecule has 3 aromatic rings. The Bertz CT molecular complexity index is 1700. The van der Waals surface area contributed by atoms with E-state index >= 15 is 0 Å². The smallest absolute Gasteiger partial charge is 0.262 e. The van der Waals surface area contributed by atoms with Gasteiger partial charge in [0.15, 0.2) is 0 Å². The Kier molecular flexibility index (Phi) is 7.00. The van der Waals surface area contributed by atoms with Gasteiger partial charge in [-0.15, -0.1) is 0 Å². The number of piperidine rings is 2. The van der Waals surface area contributed by atoms with E-state index in [0.717, 1.165) is 61.6 Å². The molecule has 2 aliphatic carbocycles. The van der Waals surface area contributed by atoms with E-state index in [0.29, 0.717) is 23.8 Å². The Balaban J connectivity index is 0.924. The largest absolute Gasteiger partial charge is 0.385 e. The summed E-state index contributed by atoms with van der Waals surface area (Å²) in [4.78, 5) is 56.0. The molecular formula is C34H37N7O4. The van der Waals surface area contributed by atoms with Crippen molar-refractivity contribution >= 4 is 29.3 Å². The van der Waals surface area contributed by atoms with Crippen LogP contribution in [0.15, 0.2) is 42.7 Å². The zero-order valence-corrected chi connectivity index (χ0v) is 25.1. The number of imide groups is 2. The number of pyridine rings is 1. The first-order chi connectivity index (χ1) is 21.9. The first kappa shape index (κ1) is 28.1. The summed E-state index contributed by atoms with van der Waals surface area (Å²) in [6.07, 6.45) is 11.1. The monoisotopic (exact) mass is 607 g/mol. The average Bonchev–Trinajstić information content (AvgIpc) is 3.74. The number of carbonyl (C=O) groups is 4. The van der Waals surface area contributed by atoms with Crippen LogP contribution in [0.1, 0.15) is 101 Å². The molecular weight excluding hydrogens is 570 g/mol. The van der Waals surface area contributed by atoms with Crippen molar-refractivity contribution in [2.75, 3.05) is 25.0 Å². The maximum absolute atomic E-state index is 13.2. The SMILES string of the molecule is O=C1CCC(N2C(=O)c3ccc(NC[C@H]4C[C@H](n5cc(-c6ncccc6C6CCNCC6)c(C6CC6)n5)C4)cc3C2=O)C(=O)N1. The van der Waals surface area contributed by atoms with E-state index in [9.17, 15) is 19.2 Å². The Hall–Kier alpha value is -4.38. The van der Waals surface area contributed by atoms with Crippen LogP contribution in [0, 0.1) is 5.92 Å². The molecule has 11 nitrogen and oxygen atoms in total. The maximum Gasteiger partial charge on any atom is 0.262 e. The summed E-state index contributed by atoms with van der Waals surface area (Å²) in [5, 5.41) is 14.3. The number of carbonyl (C=O) groups excluding carboxylic acids is 4. The number of nitrogens with one attached hydrogen (secondary N) is 3. The normalized spacial score (nSPS) is 25.2. The van der Waals surface area contributed by atoms with Gasteiger partial charge in [0.05, 0.1) is 28.6 Å². The Morgan fingerprint density at radius 2 is 1.69 bits per heavy atom. The first-order valence-electron chi connectivity index (χ1n) is 16.3. The number of rotatable bonds is 8. The maximum atomic E-state index is 13.2. The van der Waals surface area contributed by atoms with Crippen LogP contribution < -0.4 is 16.0 Å². The third-order valence-corrected chi connectivity index (χ3v) is 10.2. The molecule has 2 aromatic heterocycles. The van der Waals surface area contributed by atoms with E-state index in [4.69, 9.17) is 10.1 Å². The molecule has 0 radical (unpaired) electrons. The summed E-state index contributed by atoms with van der Waals surface area (Å²) < 4.78 is 2.18. The van der Waals surface area contributed by atoms with Gasteiger partial charge in [0.25, 0.3) is 11.8 Å². The van der Waals surface area contributed by atoms with E-state index in [1.165, 1.54) is 29.7 Å². The predicted molar refractivity (Wildman–Crippen MR) is 166 cm³/mol. The summed E-state index contributed by atoms with van der Waals surface area (Å²) >= 11 is 0. The predicted octanol–water partition coefficient (Wildman–Crippen LogP) is 3.75. The van der Waals surface area contributed by atoms with E-state index in [1.807, 2.05) is 12.3 Å². The second-order valence-corrected chi connectivity index (χ2v) is 13.2. The van der Waals surface area contributed by atoms with Gasteiger partial charge in [0, 0.05) is 42.5 Å². The fourth-order valence-corrected chi connectivity index (χ4v) is 7.46. The Morgan fingerprint density at radius 1 is 0.889 bits per heavy atom. The lowest BCUT2D eigenvalue weighted by Crippen LogP contribution is -2.54. The molecule has 45 heavy (non-hydrogen) atoms. The van der Waals surface area contributed by atoms with Crippen LogP contribution in [-0.4, -0.2) is 69.0 Å². The average molecular weight is 608 g/mol. The van der Waals surface area contributed by atoms with Gasteiger partial charge in [-0.25, -0.2) is 0 Å². The number of hydrogen-bond donors (Lipinski definition) is 3. The standard InChI is InChI=1S/C34H37N7O4/c42-29-8-7-28(32(43)38-29)41-33(44)25-6-5-22(16-26(25)34(41)45)37-17-19-14-23(15-19)40-18-27(30(39-40)21-3-4-21)31-24(2-1-11-36-31)20-9-12-35-13-10-20/h1-2,5-6,11,16,18-21,23,28,35,37H,3-4,7-10,12-15,17H2,(H,38,42,43)/t19-,23-,28?. The highest BCUT2D eigenvalue weighted by atomic mass is 16.2. The Morgan fingerprint density at radius 3 is 2.47 bits per heavy atom. The summed E-state index contributed by atoms with van der Waals surface area (Å²) in [5.74, 6) is -0.458. The first-order valence-corrected chi connectivity index (χ1v) is 16.3. The molecule has 11 heteroatoms. The highest BCUT2D eigenvalue weighted by Gasteiger charge is 2.45. The van der Waals surface area contributed by atoms with Gasteiger partial charge < -0.3 is 10.6 Å². The quantitative estimate of drug-likeness (QED) is 0.329. The van der Waals surface area contributed by atoms with Crippen molar-refractivity contribution < 1.29 is 19.2 Å². The third kappa shape index (κ3) is 5.12. The van der Waals surface area contributed by atoms with E-state index in [-0.39, 0.29) is 29.9 Å². The number of fused-ring (bicyclic) bond motifs is 1. The summed E-state index contributed by atoms with van der Waals surface area (Å²) in [6.45, 7) is 2.84. The van der Waals surface area contributed by atoms with Crippen LogP contribution in [-0.2, 0) is 9.59 Å². The molecule has 8 rings (SSSR count). The molecule has 232 valence electrons. The van der Waals surface area contributed by atoms with Crippen molar-refractivity contribution in [3.8, 4) is 11.3 Å². The topological polar surface area (TPSA) is 138 Å². The number of aromatic nitrogens is 3. The van der Waals surface area contributed by atoms with Gasteiger partial charge in [0.2, 0.25) is 11.8 Å². The lowest BCUT2D eigenvalue weighted by atomic mass is 9.80. The van der Waals surface area contributed by atoms with Crippen LogP contribution in [0.3, 0.4) is 0 Å². The second kappa shape index (κ2) is 11.2. The molecule has 0 bridgehead atoms. The van der Waals surface area contributed by atoms with Gasteiger partial charge in [-0.3, -0.25) is 39.1 Å². The van der Waals surface area contributed by atoms with Crippen LogP contribution in [0.2, 0.25) is 0 Å². The van der Waals surface area contributed by atoms with Crippen molar-refractivity contribution in [1.82, 2.24) is 30.3 Å². The van der Waals surface area contributed by atoms with E-state index < -0.39 is 23.8 Å². The van der Waals surface area contributed by atoms with Gasteiger partial charge in [-0.05, 0) is 99.7 Å². The number of nitrogens with zero attached hydrogens (tertiary/aromatic N) is 4. The molecule has 4 fully saturated rings. The van der Waals surface area contributed by atoms with Crippen molar-refractivity contribution in [3.05, 3.63) is 65.1 Å². The van der Waals surface area contributed by atoms with E-state index in [1.54, 1.807) is 12.1 Å². The molecule has 2 saturated heterocycles. The number of amides is 4. The molecule has 4 amide bonds. The Labute approximate surface area is 261 Å². The molecule has 3 aliphatic heterocycles. The van der Waals surface area contributed by atoms with Gasteiger partial charge in [-0.1, -0.05) is 6.07 Å². The zero-order chi connectivity index (χ0) is 30.7. The molecule has 0 spiro atoms. The fourth-order valence-electron chi connectivity index (χ4n) is 7.46. The zero-order valence-electron chi connectivity index (χ0n) is 25.1. The highest BCUT2D eigenvalue weighted by molar-refractivity contribution is 6.23. The van der Waals surface area contributed by atoms with Crippen molar-refractivity contribution in [2.24, 2.45) is 5.92 Å². The number of anilines is 1. The minimum Gasteiger partial charge on any atom is -0.385 e. The molecule has 2 saturated carbocycles.